The van der Waals surface area contributed by atoms with Gasteiger partial charge in [0.15, 0.2) is 6.61 Å². The molecule has 0 N–H and O–H groups in total. The number of ether oxygens (including phenoxy) is 2. The van der Waals surface area contributed by atoms with Gasteiger partial charge in [-0.15, -0.1) is 0 Å². The zero-order valence-corrected chi connectivity index (χ0v) is 10.7. The first-order valence-corrected chi connectivity index (χ1v) is 6.49. The van der Waals surface area contributed by atoms with E-state index in [4.69, 9.17) is 20.2 Å². The molecule has 0 aliphatic heterocycles. The van der Waals surface area contributed by atoms with Gasteiger partial charge in [-0.2, -0.15) is 0 Å². The van der Waals surface area contributed by atoms with Gasteiger partial charge in [-0.05, 0) is 59.3 Å². The number of hydrogen-bond acceptors (Lipinski definition) is 4. The molecule has 1 aromatic carbocycles. The largest absolute Gasteiger partial charge is 0.482 e. The lowest BCUT2D eigenvalue weighted by Gasteiger charge is -2.07. The maximum absolute atomic E-state index is 11.1. The summed E-state index contributed by atoms with van der Waals surface area (Å²) in [6.07, 6.45) is 0. The monoisotopic (exact) mass is 260 g/mol. The summed E-state index contributed by atoms with van der Waals surface area (Å²) >= 11 is 0. The Hall–Kier alpha value is -0.870. The van der Waals surface area contributed by atoms with Gasteiger partial charge in [0.05, 0.1) is 6.61 Å². The van der Waals surface area contributed by atoms with E-state index in [1.807, 2.05) is 19.1 Å². The number of esters is 1. The lowest BCUT2D eigenvalue weighted by molar-refractivity contribution is -0.145. The van der Waals surface area contributed by atoms with Crippen molar-refractivity contribution >= 4 is 27.6 Å². The number of benzene rings is 1. The molecule has 3 nitrogen and oxygen atoms in total. The molecule has 0 atom stereocenters. The fourth-order valence-electron chi connectivity index (χ4n) is 1.14. The minimum Gasteiger partial charge on any atom is -0.482 e. The lowest BCUT2D eigenvalue weighted by atomic mass is 10.2. The third-order valence-corrected chi connectivity index (χ3v) is 3.01. The molecular weight excluding hydrogens is 248 g/mol. The van der Waals surface area contributed by atoms with Crippen LogP contribution in [0.25, 0.3) is 0 Å². The van der Waals surface area contributed by atoms with Crippen LogP contribution in [0.5, 0.6) is 5.75 Å². The van der Waals surface area contributed by atoms with E-state index in [-0.39, 0.29) is 12.6 Å². The van der Waals surface area contributed by atoms with E-state index in [2.05, 4.69) is 0 Å². The van der Waals surface area contributed by atoms with Crippen LogP contribution < -0.4 is 4.74 Å². The van der Waals surface area contributed by atoms with Crippen molar-refractivity contribution in [3.63, 3.8) is 0 Å². The van der Waals surface area contributed by atoms with E-state index in [9.17, 15) is 4.79 Å². The summed E-state index contributed by atoms with van der Waals surface area (Å²) < 4.78 is 10.0. The van der Waals surface area contributed by atoms with Gasteiger partial charge < -0.3 is 9.47 Å². The smallest absolute Gasteiger partial charge is 0.344 e. The highest BCUT2D eigenvalue weighted by molar-refractivity contribution is 8.21. The molecule has 88 valence electrons. The lowest BCUT2D eigenvalue weighted by Crippen LogP contribution is -2.14. The maximum Gasteiger partial charge on any atom is 0.344 e. The molecule has 5 heteroatoms. The van der Waals surface area contributed by atoms with Crippen molar-refractivity contribution < 1.29 is 14.3 Å². The summed E-state index contributed by atoms with van der Waals surface area (Å²) in [5.41, 5.74) is 1.02. The fourth-order valence-corrected chi connectivity index (χ4v) is 1.96. The Morgan fingerprint density at radius 2 is 2.25 bits per heavy atom. The van der Waals surface area contributed by atoms with E-state index >= 15 is 0 Å². The average Bonchev–Trinajstić information content (AvgIpc) is 2.27. The Morgan fingerprint density at radius 3 is 2.81 bits per heavy atom. The third-order valence-electron chi connectivity index (χ3n) is 1.89. The maximum atomic E-state index is 11.1. The summed E-state index contributed by atoms with van der Waals surface area (Å²) in [6, 6.07) is 5.47. The van der Waals surface area contributed by atoms with Crippen molar-refractivity contribution in [1.29, 1.82) is 0 Å². The number of halogens is 1. The van der Waals surface area contributed by atoms with Crippen molar-refractivity contribution in [3.8, 4) is 5.75 Å². The second-order valence-electron chi connectivity index (χ2n) is 3.10. The van der Waals surface area contributed by atoms with Gasteiger partial charge in [-0.1, -0.05) is 0 Å². The molecule has 0 radical (unpaired) electrons. The summed E-state index contributed by atoms with van der Waals surface area (Å²) in [4.78, 5) is 12.0. The normalized spacial score (nSPS) is 9.94. The summed E-state index contributed by atoms with van der Waals surface area (Å²) in [5.74, 6) is 0.274. The number of carbonyl (C=O) groups is 1. The van der Waals surface area contributed by atoms with Gasteiger partial charge in [0.1, 0.15) is 5.75 Å². The summed E-state index contributed by atoms with van der Waals surface area (Å²) in [7, 11) is 6.82. The number of aryl methyl sites for hydroxylation is 1. The highest BCUT2D eigenvalue weighted by Gasteiger charge is 2.04. The zero-order valence-electron chi connectivity index (χ0n) is 9.16. The van der Waals surface area contributed by atoms with Gasteiger partial charge in [-0.3, -0.25) is 0 Å². The quantitative estimate of drug-likeness (QED) is 0.762. The molecule has 0 bridgehead atoms. The highest BCUT2D eigenvalue weighted by Crippen LogP contribution is 2.28. The van der Waals surface area contributed by atoms with Crippen LogP contribution in [-0.4, -0.2) is 19.2 Å². The first kappa shape index (κ1) is 13.2. The van der Waals surface area contributed by atoms with Crippen LogP contribution >= 0.6 is 21.7 Å². The number of carbonyl (C=O) groups excluding carboxylic acids is 1. The van der Waals surface area contributed by atoms with Crippen molar-refractivity contribution in [1.82, 2.24) is 0 Å². The van der Waals surface area contributed by atoms with Crippen molar-refractivity contribution in [2.45, 2.75) is 18.7 Å². The first-order chi connectivity index (χ1) is 7.67. The topological polar surface area (TPSA) is 35.5 Å². The molecule has 0 unspecified atom stereocenters. The molecule has 0 aliphatic rings. The Morgan fingerprint density at radius 1 is 1.50 bits per heavy atom. The third kappa shape index (κ3) is 3.94. The van der Waals surface area contributed by atoms with Gasteiger partial charge in [0, 0.05) is 4.90 Å². The molecule has 0 fully saturated rings. The molecule has 0 amide bonds. The second-order valence-corrected chi connectivity index (χ2v) is 4.16. The van der Waals surface area contributed by atoms with Gasteiger partial charge >= 0.3 is 5.97 Å². The van der Waals surface area contributed by atoms with Crippen LogP contribution in [0.15, 0.2) is 23.1 Å². The molecule has 0 aromatic heterocycles. The van der Waals surface area contributed by atoms with Crippen LogP contribution in [0, 0.1) is 6.92 Å². The minimum atomic E-state index is -0.365. The van der Waals surface area contributed by atoms with Gasteiger partial charge in [0.2, 0.25) is 0 Å². The zero-order chi connectivity index (χ0) is 12.0. The van der Waals surface area contributed by atoms with Crippen LogP contribution in [0.2, 0.25) is 0 Å². The molecule has 0 spiro atoms. The molecule has 16 heavy (non-hydrogen) atoms. The predicted octanol–water partition coefficient (Wildman–Crippen LogP) is 3.18. The Balaban J connectivity index is 2.55. The molecule has 0 saturated carbocycles. The molecule has 0 heterocycles. The van der Waals surface area contributed by atoms with E-state index in [0.29, 0.717) is 12.4 Å². The number of rotatable bonds is 5. The Labute approximate surface area is 104 Å². The van der Waals surface area contributed by atoms with Crippen LogP contribution in [-0.2, 0) is 9.53 Å². The van der Waals surface area contributed by atoms with E-state index in [0.717, 1.165) is 21.4 Å². The standard InChI is InChI=1S/C11H13ClO3S/c1-3-14-11(13)7-15-9-4-5-10(16-12)8(2)6-9/h4-6H,3,7H2,1-2H3. The van der Waals surface area contributed by atoms with Crippen molar-refractivity contribution in [2.75, 3.05) is 13.2 Å². The molecule has 1 rings (SSSR count). The van der Waals surface area contributed by atoms with Crippen molar-refractivity contribution in [2.24, 2.45) is 0 Å². The molecule has 0 aliphatic carbocycles. The van der Waals surface area contributed by atoms with Crippen molar-refractivity contribution in [3.05, 3.63) is 23.8 Å². The average molecular weight is 261 g/mol. The van der Waals surface area contributed by atoms with E-state index in [1.165, 1.54) is 0 Å². The highest BCUT2D eigenvalue weighted by atomic mass is 35.7. The van der Waals surface area contributed by atoms with E-state index < -0.39 is 0 Å². The first-order valence-electron chi connectivity index (χ1n) is 4.85. The fraction of sp³-hybridized carbons (Fsp3) is 0.364. The predicted molar refractivity (Wildman–Crippen MR) is 65.0 cm³/mol. The molecular formula is C11H13ClO3S. The van der Waals surface area contributed by atoms with Crippen LogP contribution in [0.4, 0.5) is 0 Å². The summed E-state index contributed by atoms with van der Waals surface area (Å²) in [6.45, 7) is 3.99. The van der Waals surface area contributed by atoms with Gasteiger partial charge in [-0.25, -0.2) is 4.79 Å². The summed E-state index contributed by atoms with van der Waals surface area (Å²) in [5, 5.41) is 0. The van der Waals surface area contributed by atoms with E-state index in [1.54, 1.807) is 13.0 Å². The van der Waals surface area contributed by atoms with Gasteiger partial charge in [0.25, 0.3) is 0 Å². The number of hydrogen-bond donors (Lipinski definition) is 0. The van der Waals surface area contributed by atoms with Crippen LogP contribution in [0.1, 0.15) is 12.5 Å². The Bertz CT molecular complexity index is 368. The van der Waals surface area contributed by atoms with Crippen LogP contribution in [0.3, 0.4) is 0 Å². The second kappa shape index (κ2) is 6.66. The molecule has 0 saturated heterocycles. The Kier molecular flexibility index (Phi) is 5.49. The minimum absolute atomic E-state index is 0.0688. The SMILES string of the molecule is CCOC(=O)COc1ccc(SCl)c(C)c1. The molecule has 1 aromatic rings.